The Hall–Kier alpha value is -4.12. The predicted molar refractivity (Wildman–Crippen MR) is 118 cm³/mol. The number of hydrogen-bond donors (Lipinski definition) is 1. The monoisotopic (exact) mass is 394 g/mol. The number of nitrogens with one attached hydrogen (secondary N) is 1. The third kappa shape index (κ3) is 3.16. The summed E-state index contributed by atoms with van der Waals surface area (Å²) in [4.78, 5) is 17.5. The number of para-hydroxylation sites is 1. The Labute approximate surface area is 172 Å². The largest absolute Gasteiger partial charge is 0.497 e. The summed E-state index contributed by atoms with van der Waals surface area (Å²) in [7, 11) is 1.57. The lowest BCUT2D eigenvalue weighted by Gasteiger charge is -2.09. The molecular weight excluding hydrogens is 376 g/mol. The quantitative estimate of drug-likeness (QED) is 0.412. The Kier molecular flexibility index (Phi) is 4.41. The van der Waals surface area contributed by atoms with Crippen LogP contribution >= 0.6 is 0 Å². The van der Waals surface area contributed by atoms with E-state index in [1.807, 2.05) is 60.7 Å². The van der Waals surface area contributed by atoms with Gasteiger partial charge in [-0.2, -0.15) is 0 Å². The third-order valence-electron chi connectivity index (χ3n) is 5.02. The molecule has 5 aromatic rings. The molecule has 1 N–H and O–H groups in total. The minimum absolute atomic E-state index is 0.233. The molecule has 0 aliphatic carbocycles. The summed E-state index contributed by atoms with van der Waals surface area (Å²) in [5.41, 5.74) is 3.36. The number of nitrogens with zero attached hydrogens (tertiary/aromatic N) is 1. The van der Waals surface area contributed by atoms with Gasteiger partial charge in [0.05, 0.1) is 18.4 Å². The van der Waals surface area contributed by atoms with E-state index >= 15 is 0 Å². The van der Waals surface area contributed by atoms with Crippen LogP contribution in [-0.2, 0) is 0 Å². The first-order chi connectivity index (χ1) is 14.7. The van der Waals surface area contributed by atoms with Gasteiger partial charge in [0.25, 0.3) is 5.91 Å². The predicted octanol–water partition coefficient (Wildman–Crippen LogP) is 5.91. The van der Waals surface area contributed by atoms with Gasteiger partial charge in [-0.1, -0.05) is 48.5 Å². The van der Waals surface area contributed by atoms with Crippen molar-refractivity contribution in [1.29, 1.82) is 0 Å². The van der Waals surface area contributed by atoms with Gasteiger partial charge in [0.15, 0.2) is 5.58 Å². The second-order valence-corrected chi connectivity index (χ2v) is 6.88. The average molecular weight is 394 g/mol. The number of rotatable bonds is 4. The van der Waals surface area contributed by atoms with Gasteiger partial charge in [0.2, 0.25) is 5.89 Å². The maximum absolute atomic E-state index is 12.8. The van der Waals surface area contributed by atoms with Gasteiger partial charge >= 0.3 is 0 Å². The fraction of sp³-hybridized carbons (Fsp3) is 0.0400. The molecule has 4 aromatic carbocycles. The molecule has 5 nitrogen and oxygen atoms in total. The highest BCUT2D eigenvalue weighted by molar-refractivity contribution is 6.07. The molecule has 0 radical (unpaired) electrons. The number of ether oxygens (including phenoxy) is 1. The summed E-state index contributed by atoms with van der Waals surface area (Å²) in [6, 6.07) is 26.5. The molecule has 0 atom stereocenters. The number of amides is 1. The molecule has 0 aliphatic heterocycles. The van der Waals surface area contributed by atoms with Crippen molar-refractivity contribution in [3.05, 3.63) is 90.5 Å². The van der Waals surface area contributed by atoms with Gasteiger partial charge in [0.1, 0.15) is 11.3 Å². The molecule has 0 aliphatic rings. The van der Waals surface area contributed by atoms with E-state index in [1.165, 1.54) is 0 Å². The van der Waals surface area contributed by atoms with E-state index in [1.54, 1.807) is 31.4 Å². The first kappa shape index (κ1) is 17.9. The number of aromatic nitrogens is 1. The van der Waals surface area contributed by atoms with Crippen LogP contribution in [0.5, 0.6) is 5.75 Å². The zero-order valence-electron chi connectivity index (χ0n) is 16.3. The third-order valence-corrected chi connectivity index (χ3v) is 5.02. The second-order valence-electron chi connectivity index (χ2n) is 6.88. The van der Waals surface area contributed by atoms with Crippen molar-refractivity contribution >= 4 is 33.5 Å². The van der Waals surface area contributed by atoms with Crippen LogP contribution in [0.15, 0.2) is 89.3 Å². The van der Waals surface area contributed by atoms with Gasteiger partial charge in [-0.05, 0) is 41.8 Å². The molecule has 0 saturated carbocycles. The van der Waals surface area contributed by atoms with Crippen molar-refractivity contribution in [2.45, 2.75) is 0 Å². The minimum Gasteiger partial charge on any atom is -0.497 e. The Morgan fingerprint density at radius 3 is 2.67 bits per heavy atom. The normalized spacial score (nSPS) is 11.0. The molecule has 1 amide bonds. The molecule has 0 fully saturated rings. The number of hydrogen-bond acceptors (Lipinski definition) is 4. The first-order valence-electron chi connectivity index (χ1n) is 9.56. The summed E-state index contributed by atoms with van der Waals surface area (Å²) < 4.78 is 11.3. The maximum Gasteiger partial charge on any atom is 0.255 e. The first-order valence-corrected chi connectivity index (χ1v) is 9.56. The summed E-state index contributed by atoms with van der Waals surface area (Å²) >= 11 is 0. The number of carbonyl (C=O) groups excluding carboxylic acids is 1. The topological polar surface area (TPSA) is 64.4 Å². The molecule has 1 heterocycles. The average Bonchev–Trinajstić information content (AvgIpc) is 3.24. The van der Waals surface area contributed by atoms with Gasteiger partial charge in [-0.25, -0.2) is 4.98 Å². The van der Waals surface area contributed by atoms with E-state index in [0.717, 1.165) is 16.3 Å². The number of methoxy groups -OCH3 is 1. The van der Waals surface area contributed by atoms with Gasteiger partial charge in [0, 0.05) is 10.9 Å². The minimum atomic E-state index is -0.233. The Bertz CT molecular complexity index is 1390. The molecule has 0 bridgehead atoms. The van der Waals surface area contributed by atoms with Gasteiger partial charge in [-0.15, -0.1) is 0 Å². The molecular formula is C25H18N2O3. The fourth-order valence-corrected chi connectivity index (χ4v) is 3.51. The molecule has 0 spiro atoms. The lowest BCUT2D eigenvalue weighted by molar-refractivity contribution is 0.102. The highest BCUT2D eigenvalue weighted by Gasteiger charge is 2.16. The molecule has 146 valence electrons. The summed E-state index contributed by atoms with van der Waals surface area (Å²) in [5.74, 6) is 0.854. The number of oxazole rings is 1. The number of carbonyl (C=O) groups is 1. The van der Waals surface area contributed by atoms with Crippen molar-refractivity contribution in [2.24, 2.45) is 0 Å². The van der Waals surface area contributed by atoms with Crippen molar-refractivity contribution in [3.8, 4) is 17.2 Å². The lowest BCUT2D eigenvalue weighted by atomic mass is 10.1. The van der Waals surface area contributed by atoms with E-state index in [2.05, 4.69) is 5.32 Å². The van der Waals surface area contributed by atoms with E-state index in [4.69, 9.17) is 14.1 Å². The Morgan fingerprint density at radius 1 is 0.933 bits per heavy atom. The van der Waals surface area contributed by atoms with Crippen molar-refractivity contribution in [1.82, 2.24) is 4.98 Å². The molecule has 1 aromatic heterocycles. The van der Waals surface area contributed by atoms with Crippen LogP contribution in [0.25, 0.3) is 33.3 Å². The zero-order valence-corrected chi connectivity index (χ0v) is 16.3. The van der Waals surface area contributed by atoms with Crippen LogP contribution in [0.3, 0.4) is 0 Å². The van der Waals surface area contributed by atoms with E-state index < -0.39 is 0 Å². The number of fused-ring (bicyclic) bond motifs is 3. The number of anilines is 1. The second kappa shape index (κ2) is 7.37. The van der Waals surface area contributed by atoms with Crippen LogP contribution in [-0.4, -0.2) is 18.0 Å². The van der Waals surface area contributed by atoms with Crippen LogP contribution in [0, 0.1) is 0 Å². The van der Waals surface area contributed by atoms with Gasteiger partial charge < -0.3 is 14.5 Å². The fourth-order valence-electron chi connectivity index (χ4n) is 3.51. The summed E-state index contributed by atoms with van der Waals surface area (Å²) in [6.07, 6.45) is 0. The summed E-state index contributed by atoms with van der Waals surface area (Å²) in [5, 5.41) is 5.10. The van der Waals surface area contributed by atoms with Crippen LogP contribution in [0.2, 0.25) is 0 Å². The molecule has 5 rings (SSSR count). The molecule has 5 heteroatoms. The van der Waals surface area contributed by atoms with Crippen molar-refractivity contribution < 1.29 is 13.9 Å². The molecule has 0 unspecified atom stereocenters. The SMILES string of the molecule is COc1cccc(C(=O)Nc2ccccc2-c2nc3c(ccc4ccccc43)o2)c1. The van der Waals surface area contributed by atoms with Crippen LogP contribution in [0.4, 0.5) is 5.69 Å². The Balaban J connectivity index is 1.55. The standard InChI is InChI=1S/C25H18N2O3/c1-29-18-9-6-8-17(15-18)24(28)26-21-12-5-4-11-20(21)25-27-23-19-10-3-2-7-16(19)13-14-22(23)30-25/h2-15H,1H3,(H,26,28). The molecule has 30 heavy (non-hydrogen) atoms. The Morgan fingerprint density at radius 2 is 1.77 bits per heavy atom. The van der Waals surface area contributed by atoms with E-state index in [0.29, 0.717) is 34.0 Å². The van der Waals surface area contributed by atoms with E-state index in [9.17, 15) is 4.79 Å². The zero-order chi connectivity index (χ0) is 20.5. The lowest BCUT2D eigenvalue weighted by Crippen LogP contribution is -2.12. The highest BCUT2D eigenvalue weighted by atomic mass is 16.5. The summed E-state index contributed by atoms with van der Waals surface area (Å²) in [6.45, 7) is 0. The smallest absolute Gasteiger partial charge is 0.255 e. The van der Waals surface area contributed by atoms with Crippen molar-refractivity contribution in [3.63, 3.8) is 0 Å². The van der Waals surface area contributed by atoms with E-state index in [-0.39, 0.29) is 5.91 Å². The van der Waals surface area contributed by atoms with Gasteiger partial charge in [-0.3, -0.25) is 4.79 Å². The molecule has 0 saturated heterocycles. The maximum atomic E-state index is 12.8. The van der Waals surface area contributed by atoms with Crippen LogP contribution < -0.4 is 10.1 Å². The van der Waals surface area contributed by atoms with Crippen molar-refractivity contribution in [2.75, 3.05) is 12.4 Å². The highest BCUT2D eigenvalue weighted by Crippen LogP contribution is 2.33. The van der Waals surface area contributed by atoms with Crippen LogP contribution in [0.1, 0.15) is 10.4 Å². The number of benzene rings is 4.